The van der Waals surface area contributed by atoms with Crippen molar-refractivity contribution in [1.29, 1.82) is 0 Å². The zero-order valence-electron chi connectivity index (χ0n) is 9.95. The van der Waals surface area contributed by atoms with Crippen LogP contribution >= 0.6 is 0 Å². The lowest BCUT2D eigenvalue weighted by Crippen LogP contribution is -2.23. The molecule has 1 amide bonds. The molecule has 2 aromatic rings. The minimum atomic E-state index is -0.523. The van der Waals surface area contributed by atoms with Crippen LogP contribution in [0.2, 0.25) is 0 Å². The van der Waals surface area contributed by atoms with Gasteiger partial charge in [0.05, 0.1) is 11.5 Å². The Morgan fingerprint density at radius 2 is 2.32 bits per heavy atom. The van der Waals surface area contributed by atoms with Gasteiger partial charge in [-0.15, -0.1) is 10.2 Å². The van der Waals surface area contributed by atoms with Crippen molar-refractivity contribution in [3.8, 4) is 0 Å². The van der Waals surface area contributed by atoms with Gasteiger partial charge in [0.15, 0.2) is 5.82 Å². The van der Waals surface area contributed by atoms with Gasteiger partial charge < -0.3 is 5.32 Å². The Hall–Kier alpha value is -2.84. The quantitative estimate of drug-likeness (QED) is 0.604. The first kappa shape index (κ1) is 12.6. The van der Waals surface area contributed by atoms with Crippen LogP contribution in [-0.2, 0) is 6.54 Å². The number of benzene rings is 1. The van der Waals surface area contributed by atoms with Gasteiger partial charge in [0.1, 0.15) is 0 Å². The minimum Gasteiger partial charge on any atom is -0.345 e. The molecule has 0 spiro atoms. The van der Waals surface area contributed by atoms with Crippen molar-refractivity contribution in [3.05, 3.63) is 45.3 Å². The van der Waals surface area contributed by atoms with Crippen molar-refractivity contribution >= 4 is 11.6 Å². The maximum Gasteiger partial charge on any atom is 0.273 e. The average molecular weight is 262 g/mol. The predicted octanol–water partition coefficient (Wildman–Crippen LogP) is 0.346. The maximum absolute atomic E-state index is 11.8. The molecular formula is C10H10N6O3. The number of H-pyrrole nitrogens is 1. The number of rotatable bonds is 4. The molecule has 9 nitrogen and oxygen atoms in total. The van der Waals surface area contributed by atoms with Gasteiger partial charge in [-0.2, -0.15) is 5.21 Å². The summed E-state index contributed by atoms with van der Waals surface area (Å²) < 4.78 is 0. The van der Waals surface area contributed by atoms with Crippen molar-refractivity contribution in [3.63, 3.8) is 0 Å². The lowest BCUT2D eigenvalue weighted by Gasteiger charge is -2.03. The fraction of sp³-hybridized carbons (Fsp3) is 0.200. The third kappa shape index (κ3) is 2.89. The predicted molar refractivity (Wildman–Crippen MR) is 63.2 cm³/mol. The highest BCUT2D eigenvalue weighted by molar-refractivity contribution is 5.94. The van der Waals surface area contributed by atoms with E-state index in [1.165, 1.54) is 18.2 Å². The van der Waals surface area contributed by atoms with Crippen LogP contribution in [0, 0.1) is 17.0 Å². The molecule has 1 aromatic carbocycles. The number of carbonyl (C=O) groups excluding carboxylic acids is 1. The van der Waals surface area contributed by atoms with Gasteiger partial charge in [-0.05, 0) is 13.0 Å². The molecule has 0 radical (unpaired) electrons. The van der Waals surface area contributed by atoms with E-state index in [1.54, 1.807) is 6.92 Å². The molecule has 19 heavy (non-hydrogen) atoms. The molecule has 1 aromatic heterocycles. The van der Waals surface area contributed by atoms with Gasteiger partial charge in [-0.25, -0.2) is 0 Å². The van der Waals surface area contributed by atoms with Crippen molar-refractivity contribution in [2.45, 2.75) is 13.5 Å². The number of hydrogen-bond acceptors (Lipinski definition) is 6. The Bertz CT molecular complexity index is 610. The fourth-order valence-electron chi connectivity index (χ4n) is 1.47. The lowest BCUT2D eigenvalue weighted by molar-refractivity contribution is -0.385. The summed E-state index contributed by atoms with van der Waals surface area (Å²) in [5.41, 5.74) is 0.618. The monoisotopic (exact) mass is 262 g/mol. The topological polar surface area (TPSA) is 127 Å². The number of aryl methyl sites for hydroxylation is 1. The number of nitro groups is 1. The van der Waals surface area contributed by atoms with Gasteiger partial charge in [0, 0.05) is 17.2 Å². The van der Waals surface area contributed by atoms with Gasteiger partial charge in [0.25, 0.3) is 11.6 Å². The summed E-state index contributed by atoms with van der Waals surface area (Å²) in [5, 5.41) is 26.3. The summed E-state index contributed by atoms with van der Waals surface area (Å²) in [6.45, 7) is 1.70. The second kappa shape index (κ2) is 5.21. The summed E-state index contributed by atoms with van der Waals surface area (Å²) in [6.07, 6.45) is 0. The minimum absolute atomic E-state index is 0.0905. The molecule has 0 saturated heterocycles. The van der Waals surface area contributed by atoms with E-state index in [1.807, 2.05) is 0 Å². The summed E-state index contributed by atoms with van der Waals surface area (Å²) in [5.74, 6) is -0.108. The third-order valence-electron chi connectivity index (χ3n) is 2.46. The Labute approximate surface area is 107 Å². The highest BCUT2D eigenvalue weighted by Crippen LogP contribution is 2.19. The number of nitro benzene ring substituents is 1. The normalized spacial score (nSPS) is 10.2. The highest BCUT2D eigenvalue weighted by atomic mass is 16.6. The first-order chi connectivity index (χ1) is 9.08. The highest BCUT2D eigenvalue weighted by Gasteiger charge is 2.15. The first-order valence-electron chi connectivity index (χ1n) is 5.33. The molecule has 1 heterocycles. The van der Waals surface area contributed by atoms with Crippen LogP contribution in [0.1, 0.15) is 21.7 Å². The Balaban J connectivity index is 2.11. The molecule has 0 aliphatic heterocycles. The standard InChI is InChI=1S/C10H10N6O3/c1-6-2-3-7(4-8(6)16(18)19)10(17)11-5-9-12-14-15-13-9/h2-4H,5H2,1H3,(H,11,17)(H,12,13,14,15). The second-order valence-corrected chi connectivity index (χ2v) is 3.77. The largest absolute Gasteiger partial charge is 0.345 e. The SMILES string of the molecule is Cc1ccc(C(=O)NCc2nn[nH]n2)cc1[N+](=O)[O-]. The number of amides is 1. The van der Waals surface area contributed by atoms with E-state index < -0.39 is 10.8 Å². The van der Waals surface area contributed by atoms with Gasteiger partial charge in [-0.1, -0.05) is 11.3 Å². The van der Waals surface area contributed by atoms with Crippen molar-refractivity contribution < 1.29 is 9.72 Å². The summed E-state index contributed by atoms with van der Waals surface area (Å²) in [7, 11) is 0. The van der Waals surface area contributed by atoms with Crippen LogP contribution in [-0.4, -0.2) is 31.5 Å². The summed E-state index contributed by atoms with van der Waals surface area (Å²) in [4.78, 5) is 22.1. The number of nitrogens with one attached hydrogen (secondary N) is 2. The second-order valence-electron chi connectivity index (χ2n) is 3.77. The zero-order chi connectivity index (χ0) is 13.8. The molecule has 0 atom stereocenters. The number of aromatic amines is 1. The maximum atomic E-state index is 11.8. The van der Waals surface area contributed by atoms with Gasteiger partial charge in [0.2, 0.25) is 0 Å². The molecule has 2 N–H and O–H groups in total. The number of nitrogens with zero attached hydrogens (tertiary/aromatic N) is 4. The molecule has 0 bridgehead atoms. The van der Waals surface area contributed by atoms with Crippen molar-refractivity contribution in [1.82, 2.24) is 25.9 Å². The van der Waals surface area contributed by atoms with E-state index in [0.717, 1.165) is 0 Å². The van der Waals surface area contributed by atoms with Crippen LogP contribution in [0.4, 0.5) is 5.69 Å². The summed E-state index contributed by atoms with van der Waals surface area (Å²) >= 11 is 0. The van der Waals surface area contributed by atoms with E-state index in [4.69, 9.17) is 0 Å². The van der Waals surface area contributed by atoms with Crippen LogP contribution in [0.15, 0.2) is 18.2 Å². The van der Waals surface area contributed by atoms with Crippen molar-refractivity contribution in [2.24, 2.45) is 0 Å². The molecule has 0 unspecified atom stereocenters. The fourth-order valence-corrected chi connectivity index (χ4v) is 1.47. The number of tetrazole rings is 1. The van der Waals surface area contributed by atoms with Gasteiger partial charge >= 0.3 is 0 Å². The van der Waals surface area contributed by atoms with E-state index in [9.17, 15) is 14.9 Å². The van der Waals surface area contributed by atoms with Crippen LogP contribution in [0.3, 0.4) is 0 Å². The Morgan fingerprint density at radius 1 is 1.53 bits per heavy atom. The van der Waals surface area contributed by atoms with Crippen LogP contribution < -0.4 is 5.32 Å². The van der Waals surface area contributed by atoms with Crippen molar-refractivity contribution in [2.75, 3.05) is 0 Å². The Kier molecular flexibility index (Phi) is 3.46. The molecule has 0 aliphatic carbocycles. The smallest absolute Gasteiger partial charge is 0.273 e. The average Bonchev–Trinajstić information content (AvgIpc) is 2.89. The molecule has 0 fully saturated rings. The van der Waals surface area contributed by atoms with E-state index in [-0.39, 0.29) is 17.8 Å². The molecule has 0 aliphatic rings. The molecule has 2 rings (SSSR count). The van der Waals surface area contributed by atoms with E-state index in [2.05, 4.69) is 25.9 Å². The van der Waals surface area contributed by atoms with Crippen LogP contribution in [0.5, 0.6) is 0 Å². The molecule has 98 valence electrons. The number of hydrogen-bond donors (Lipinski definition) is 2. The van der Waals surface area contributed by atoms with E-state index in [0.29, 0.717) is 11.4 Å². The zero-order valence-corrected chi connectivity index (χ0v) is 9.95. The van der Waals surface area contributed by atoms with Crippen LogP contribution in [0.25, 0.3) is 0 Å². The number of aromatic nitrogens is 4. The third-order valence-corrected chi connectivity index (χ3v) is 2.46. The first-order valence-corrected chi connectivity index (χ1v) is 5.33. The Morgan fingerprint density at radius 3 is 2.95 bits per heavy atom. The van der Waals surface area contributed by atoms with Gasteiger partial charge in [-0.3, -0.25) is 14.9 Å². The number of carbonyl (C=O) groups is 1. The lowest BCUT2D eigenvalue weighted by atomic mass is 10.1. The molecule has 0 saturated carbocycles. The van der Waals surface area contributed by atoms with E-state index >= 15 is 0 Å². The molecular weight excluding hydrogens is 252 g/mol. The summed E-state index contributed by atoms with van der Waals surface area (Å²) in [6, 6.07) is 4.29. The molecule has 9 heteroatoms.